The minimum Gasteiger partial charge on any atom is -0.326 e. The average molecular weight is 228 g/mol. The molecule has 14 heavy (non-hydrogen) atoms. The molecule has 0 saturated carbocycles. The zero-order valence-corrected chi connectivity index (χ0v) is 10.1. The molecule has 0 amide bonds. The molecule has 2 N–H and O–H groups in total. The molecular weight excluding hydrogens is 212 g/mol. The van der Waals surface area contributed by atoms with Gasteiger partial charge in [0, 0.05) is 17.3 Å². The maximum atomic E-state index is 5.66. The van der Waals surface area contributed by atoms with Crippen molar-refractivity contribution < 1.29 is 0 Å². The highest BCUT2D eigenvalue weighted by atomic mass is 32.2. The van der Waals surface area contributed by atoms with Gasteiger partial charge in [-0.1, -0.05) is 0 Å². The molecule has 0 spiro atoms. The second-order valence-corrected chi connectivity index (χ2v) is 5.99. The number of hydrogen-bond donors (Lipinski definition) is 1. The van der Waals surface area contributed by atoms with Crippen LogP contribution in [0.1, 0.15) is 34.3 Å². The minimum absolute atomic E-state index is 0.644. The lowest BCUT2D eigenvalue weighted by molar-refractivity contribution is 0.632. The molecule has 4 heteroatoms. The monoisotopic (exact) mass is 228 g/mol. The number of rotatable bonds is 2. The fourth-order valence-corrected chi connectivity index (χ4v) is 3.98. The summed E-state index contributed by atoms with van der Waals surface area (Å²) in [5.74, 6) is 3.29. The molecule has 2 rings (SSSR count). The summed E-state index contributed by atoms with van der Waals surface area (Å²) in [7, 11) is 0. The first-order chi connectivity index (χ1) is 6.81. The van der Waals surface area contributed by atoms with E-state index < -0.39 is 0 Å². The molecule has 0 aromatic carbocycles. The molecule has 1 aliphatic rings. The highest BCUT2D eigenvalue weighted by molar-refractivity contribution is 7.99. The smallest absolute Gasteiger partial charge is 0.0962 e. The fourth-order valence-electron chi connectivity index (χ4n) is 1.76. The Labute approximate surface area is 93.3 Å². The molecule has 1 aliphatic heterocycles. The molecule has 2 heterocycles. The van der Waals surface area contributed by atoms with E-state index >= 15 is 0 Å². The van der Waals surface area contributed by atoms with Crippen molar-refractivity contribution in [1.82, 2.24) is 4.98 Å². The first-order valence-corrected chi connectivity index (χ1v) is 7.02. The van der Waals surface area contributed by atoms with Gasteiger partial charge in [0.05, 0.1) is 10.7 Å². The Hall–Kier alpha value is -0.0600. The van der Waals surface area contributed by atoms with Crippen LogP contribution >= 0.6 is 23.1 Å². The summed E-state index contributed by atoms with van der Waals surface area (Å²) in [5.41, 5.74) is 6.80. The summed E-state index contributed by atoms with van der Waals surface area (Å²) in [6.07, 6.45) is 2.59. The maximum absolute atomic E-state index is 5.66. The van der Waals surface area contributed by atoms with Crippen LogP contribution in [0.15, 0.2) is 0 Å². The number of nitrogens with two attached hydrogens (primary N) is 1. The van der Waals surface area contributed by atoms with E-state index in [0.717, 1.165) is 5.69 Å². The molecule has 0 bridgehead atoms. The SMILES string of the molecule is Cc1nc(C2CCSCC2)sc1CN. The average Bonchev–Trinajstić information content (AvgIpc) is 2.61. The van der Waals surface area contributed by atoms with Crippen molar-refractivity contribution in [1.29, 1.82) is 0 Å². The third-order valence-electron chi connectivity index (χ3n) is 2.67. The number of thiazole rings is 1. The predicted molar refractivity (Wildman–Crippen MR) is 64.0 cm³/mol. The Balaban J connectivity index is 2.14. The van der Waals surface area contributed by atoms with Gasteiger partial charge in [0.25, 0.3) is 0 Å². The van der Waals surface area contributed by atoms with E-state index in [1.165, 1.54) is 34.2 Å². The quantitative estimate of drug-likeness (QED) is 0.845. The van der Waals surface area contributed by atoms with Crippen molar-refractivity contribution in [3.63, 3.8) is 0 Å². The Morgan fingerprint density at radius 2 is 2.14 bits per heavy atom. The largest absolute Gasteiger partial charge is 0.326 e. The molecule has 0 unspecified atom stereocenters. The van der Waals surface area contributed by atoms with Crippen LogP contribution in [0.4, 0.5) is 0 Å². The van der Waals surface area contributed by atoms with Crippen molar-refractivity contribution >= 4 is 23.1 Å². The Kier molecular flexibility index (Phi) is 3.47. The molecule has 78 valence electrons. The standard InChI is InChI=1S/C10H16N2S2/c1-7-9(6-11)14-10(12-7)8-2-4-13-5-3-8/h8H,2-6,11H2,1H3. The van der Waals surface area contributed by atoms with Gasteiger partial charge >= 0.3 is 0 Å². The van der Waals surface area contributed by atoms with E-state index in [2.05, 4.69) is 23.7 Å². The highest BCUT2D eigenvalue weighted by Gasteiger charge is 2.19. The van der Waals surface area contributed by atoms with Crippen LogP contribution in [-0.2, 0) is 6.54 Å². The Morgan fingerprint density at radius 3 is 2.71 bits per heavy atom. The van der Waals surface area contributed by atoms with E-state index in [1.54, 1.807) is 0 Å². The lowest BCUT2D eigenvalue weighted by Crippen LogP contribution is -2.07. The van der Waals surface area contributed by atoms with Crippen molar-refractivity contribution in [3.05, 3.63) is 15.6 Å². The van der Waals surface area contributed by atoms with Crippen LogP contribution in [-0.4, -0.2) is 16.5 Å². The van der Waals surface area contributed by atoms with E-state index in [1.807, 2.05) is 11.3 Å². The molecule has 1 aromatic rings. The first kappa shape index (κ1) is 10.5. The van der Waals surface area contributed by atoms with Crippen molar-refractivity contribution in [2.24, 2.45) is 5.73 Å². The van der Waals surface area contributed by atoms with Crippen LogP contribution < -0.4 is 5.73 Å². The topological polar surface area (TPSA) is 38.9 Å². The summed E-state index contributed by atoms with van der Waals surface area (Å²) in [4.78, 5) is 5.90. The van der Waals surface area contributed by atoms with Gasteiger partial charge < -0.3 is 5.73 Å². The molecular formula is C10H16N2S2. The molecule has 2 nitrogen and oxygen atoms in total. The molecule has 0 aliphatic carbocycles. The van der Waals surface area contributed by atoms with Gasteiger partial charge in [-0.2, -0.15) is 11.8 Å². The van der Waals surface area contributed by atoms with Gasteiger partial charge in [-0.15, -0.1) is 11.3 Å². The van der Waals surface area contributed by atoms with Crippen LogP contribution in [0, 0.1) is 6.92 Å². The van der Waals surface area contributed by atoms with Crippen LogP contribution in [0.3, 0.4) is 0 Å². The number of thioether (sulfide) groups is 1. The van der Waals surface area contributed by atoms with Gasteiger partial charge in [0.2, 0.25) is 0 Å². The van der Waals surface area contributed by atoms with E-state index in [9.17, 15) is 0 Å². The van der Waals surface area contributed by atoms with Gasteiger partial charge in [-0.25, -0.2) is 4.98 Å². The summed E-state index contributed by atoms with van der Waals surface area (Å²) in [6.45, 7) is 2.71. The summed E-state index contributed by atoms with van der Waals surface area (Å²) in [5, 5.41) is 1.32. The Bertz CT molecular complexity index is 303. The Morgan fingerprint density at radius 1 is 1.43 bits per heavy atom. The summed E-state index contributed by atoms with van der Waals surface area (Å²) < 4.78 is 0. The van der Waals surface area contributed by atoms with Gasteiger partial charge in [0.15, 0.2) is 0 Å². The number of hydrogen-bond acceptors (Lipinski definition) is 4. The maximum Gasteiger partial charge on any atom is 0.0962 e. The normalized spacial score (nSPS) is 18.7. The van der Waals surface area contributed by atoms with Crippen molar-refractivity contribution in [2.75, 3.05) is 11.5 Å². The third kappa shape index (κ3) is 2.12. The third-order valence-corrected chi connectivity index (χ3v) is 5.06. The fraction of sp³-hybridized carbons (Fsp3) is 0.700. The molecule has 0 radical (unpaired) electrons. The van der Waals surface area contributed by atoms with E-state index in [-0.39, 0.29) is 0 Å². The molecule has 1 saturated heterocycles. The van der Waals surface area contributed by atoms with Crippen molar-refractivity contribution in [3.8, 4) is 0 Å². The predicted octanol–water partition coefficient (Wildman–Crippen LogP) is 2.52. The lowest BCUT2D eigenvalue weighted by Gasteiger charge is -2.18. The molecule has 0 atom stereocenters. The van der Waals surface area contributed by atoms with Crippen LogP contribution in [0.2, 0.25) is 0 Å². The zero-order chi connectivity index (χ0) is 9.97. The van der Waals surface area contributed by atoms with Gasteiger partial charge in [-0.05, 0) is 31.3 Å². The van der Waals surface area contributed by atoms with E-state index in [0.29, 0.717) is 12.5 Å². The van der Waals surface area contributed by atoms with Crippen LogP contribution in [0.5, 0.6) is 0 Å². The molecule has 1 fully saturated rings. The van der Waals surface area contributed by atoms with Crippen molar-refractivity contribution in [2.45, 2.75) is 32.2 Å². The minimum atomic E-state index is 0.644. The number of aromatic nitrogens is 1. The summed E-state index contributed by atoms with van der Waals surface area (Å²) in [6, 6.07) is 0. The van der Waals surface area contributed by atoms with Gasteiger partial charge in [0.1, 0.15) is 0 Å². The summed E-state index contributed by atoms with van der Waals surface area (Å²) >= 11 is 3.88. The van der Waals surface area contributed by atoms with Gasteiger partial charge in [-0.3, -0.25) is 0 Å². The second kappa shape index (κ2) is 4.64. The zero-order valence-electron chi connectivity index (χ0n) is 8.45. The first-order valence-electron chi connectivity index (χ1n) is 5.05. The number of nitrogens with zero attached hydrogens (tertiary/aromatic N) is 1. The highest BCUT2D eigenvalue weighted by Crippen LogP contribution is 2.34. The molecule has 1 aromatic heterocycles. The lowest BCUT2D eigenvalue weighted by atomic mass is 10.0. The van der Waals surface area contributed by atoms with E-state index in [4.69, 9.17) is 5.73 Å². The second-order valence-electron chi connectivity index (χ2n) is 3.65. The van der Waals surface area contributed by atoms with Crippen LogP contribution in [0.25, 0.3) is 0 Å². The number of aryl methyl sites for hydroxylation is 1.